The lowest BCUT2D eigenvalue weighted by Crippen LogP contribution is -1.98. The van der Waals surface area contributed by atoms with Crippen molar-refractivity contribution in [3.05, 3.63) is 64.9 Å². The van der Waals surface area contributed by atoms with Gasteiger partial charge in [-0.2, -0.15) is 0 Å². The Bertz CT molecular complexity index is 781. The van der Waals surface area contributed by atoms with Crippen LogP contribution in [0, 0.1) is 5.82 Å². The summed E-state index contributed by atoms with van der Waals surface area (Å²) in [6.07, 6.45) is 0. The van der Waals surface area contributed by atoms with Crippen LogP contribution >= 0.6 is 15.9 Å². The molecule has 0 bridgehead atoms. The summed E-state index contributed by atoms with van der Waals surface area (Å²) in [4.78, 5) is 0. The molecular weight excluding hydrogens is 319 g/mol. The largest absolute Gasteiger partial charge is 0.397 e. The number of rotatable bonds is 2. The summed E-state index contributed by atoms with van der Waals surface area (Å²) in [5.41, 5.74) is 7.87. The number of fused-ring (bicyclic) bond motifs is 1. The second-order valence-electron chi connectivity index (χ2n) is 4.51. The quantitative estimate of drug-likeness (QED) is 0.644. The molecule has 20 heavy (non-hydrogen) atoms. The molecule has 3 aromatic carbocycles. The zero-order chi connectivity index (χ0) is 14.1. The maximum Gasteiger partial charge on any atom is 0.139 e. The molecule has 0 amide bonds. The van der Waals surface area contributed by atoms with Crippen molar-refractivity contribution in [3.63, 3.8) is 0 Å². The molecular formula is C16H12BrFN2. The standard InChI is InChI=1S/C16H12BrFN2/c17-12-8-14(19)16(9-13(12)18)20-15-7-3-5-10-4-1-2-6-11(10)15/h1-9,20H,19H2. The van der Waals surface area contributed by atoms with E-state index < -0.39 is 0 Å². The highest BCUT2D eigenvalue weighted by Crippen LogP contribution is 2.31. The number of anilines is 3. The fourth-order valence-electron chi connectivity index (χ4n) is 2.15. The fraction of sp³-hybridized carbons (Fsp3) is 0. The van der Waals surface area contributed by atoms with E-state index in [0.29, 0.717) is 15.8 Å². The topological polar surface area (TPSA) is 38.0 Å². The highest BCUT2D eigenvalue weighted by atomic mass is 79.9. The van der Waals surface area contributed by atoms with Crippen LogP contribution in [0.5, 0.6) is 0 Å². The SMILES string of the molecule is Nc1cc(Br)c(F)cc1Nc1cccc2ccccc12. The van der Waals surface area contributed by atoms with Crippen LogP contribution in [0.1, 0.15) is 0 Å². The van der Waals surface area contributed by atoms with Crippen molar-refractivity contribution in [2.75, 3.05) is 11.1 Å². The highest BCUT2D eigenvalue weighted by molar-refractivity contribution is 9.10. The van der Waals surface area contributed by atoms with E-state index >= 15 is 0 Å². The molecule has 0 radical (unpaired) electrons. The molecule has 3 aromatic rings. The van der Waals surface area contributed by atoms with Crippen LogP contribution in [0.3, 0.4) is 0 Å². The van der Waals surface area contributed by atoms with Crippen LogP contribution in [0.15, 0.2) is 59.1 Å². The lowest BCUT2D eigenvalue weighted by Gasteiger charge is -2.12. The summed E-state index contributed by atoms with van der Waals surface area (Å²) in [6.45, 7) is 0. The molecule has 0 aliphatic heterocycles. The second-order valence-corrected chi connectivity index (χ2v) is 5.36. The van der Waals surface area contributed by atoms with Gasteiger partial charge in [-0.25, -0.2) is 4.39 Å². The Morgan fingerprint density at radius 3 is 2.55 bits per heavy atom. The third-order valence-electron chi connectivity index (χ3n) is 3.15. The lowest BCUT2D eigenvalue weighted by molar-refractivity contribution is 0.622. The Kier molecular flexibility index (Phi) is 3.32. The first-order valence-corrected chi connectivity index (χ1v) is 6.94. The third kappa shape index (κ3) is 2.34. The second kappa shape index (κ2) is 5.13. The molecule has 0 saturated carbocycles. The van der Waals surface area contributed by atoms with E-state index in [1.165, 1.54) is 6.07 Å². The molecule has 0 unspecified atom stereocenters. The van der Waals surface area contributed by atoms with Gasteiger partial charge in [-0.15, -0.1) is 0 Å². The normalized spacial score (nSPS) is 10.7. The molecule has 4 heteroatoms. The molecule has 0 aliphatic rings. The Labute approximate surface area is 124 Å². The van der Waals surface area contributed by atoms with Crippen LogP contribution in [0.4, 0.5) is 21.5 Å². The zero-order valence-electron chi connectivity index (χ0n) is 10.5. The number of nitrogens with two attached hydrogens (primary N) is 1. The molecule has 100 valence electrons. The van der Waals surface area contributed by atoms with Gasteiger partial charge in [-0.1, -0.05) is 36.4 Å². The highest BCUT2D eigenvalue weighted by Gasteiger charge is 2.07. The predicted molar refractivity (Wildman–Crippen MR) is 85.7 cm³/mol. The van der Waals surface area contributed by atoms with Gasteiger partial charge >= 0.3 is 0 Å². The first-order valence-electron chi connectivity index (χ1n) is 6.14. The molecule has 0 heterocycles. The van der Waals surface area contributed by atoms with E-state index in [1.807, 2.05) is 42.5 Å². The molecule has 3 N–H and O–H groups in total. The van der Waals surface area contributed by atoms with Crippen molar-refractivity contribution >= 4 is 43.8 Å². The number of hydrogen-bond donors (Lipinski definition) is 2. The zero-order valence-corrected chi connectivity index (χ0v) is 12.1. The van der Waals surface area contributed by atoms with Crippen molar-refractivity contribution in [2.45, 2.75) is 0 Å². The number of nitrogen functional groups attached to an aromatic ring is 1. The van der Waals surface area contributed by atoms with E-state index in [2.05, 4.69) is 21.2 Å². The van der Waals surface area contributed by atoms with Gasteiger partial charge < -0.3 is 11.1 Å². The van der Waals surface area contributed by atoms with Gasteiger partial charge in [0.05, 0.1) is 15.8 Å². The Balaban J connectivity index is 2.08. The van der Waals surface area contributed by atoms with Crippen molar-refractivity contribution in [1.29, 1.82) is 0 Å². The smallest absolute Gasteiger partial charge is 0.139 e. The average Bonchev–Trinajstić information content (AvgIpc) is 2.45. The first kappa shape index (κ1) is 12.9. The van der Waals surface area contributed by atoms with E-state index in [-0.39, 0.29) is 5.82 Å². The number of halogens is 2. The third-order valence-corrected chi connectivity index (χ3v) is 3.76. The van der Waals surface area contributed by atoms with Crippen molar-refractivity contribution in [3.8, 4) is 0 Å². The van der Waals surface area contributed by atoms with Crippen molar-refractivity contribution in [2.24, 2.45) is 0 Å². The summed E-state index contributed by atoms with van der Waals surface area (Å²) in [6, 6.07) is 16.9. The summed E-state index contributed by atoms with van der Waals surface area (Å²) < 4.78 is 14.0. The minimum Gasteiger partial charge on any atom is -0.397 e. The van der Waals surface area contributed by atoms with Gasteiger partial charge in [0.1, 0.15) is 5.82 Å². The maximum atomic E-state index is 13.6. The molecule has 0 fully saturated rings. The van der Waals surface area contributed by atoms with Crippen LogP contribution in [-0.4, -0.2) is 0 Å². The molecule has 2 nitrogen and oxygen atoms in total. The Hall–Kier alpha value is -2.07. The van der Waals surface area contributed by atoms with Crippen LogP contribution in [-0.2, 0) is 0 Å². The van der Waals surface area contributed by atoms with Gasteiger partial charge in [0.25, 0.3) is 0 Å². The summed E-state index contributed by atoms with van der Waals surface area (Å²) >= 11 is 3.12. The van der Waals surface area contributed by atoms with Gasteiger partial charge in [0, 0.05) is 17.1 Å². The van der Waals surface area contributed by atoms with Crippen LogP contribution < -0.4 is 11.1 Å². The minimum absolute atomic E-state index is 0.345. The minimum atomic E-state index is -0.345. The van der Waals surface area contributed by atoms with Gasteiger partial charge in [0.15, 0.2) is 0 Å². The fourth-order valence-corrected chi connectivity index (χ4v) is 2.51. The van der Waals surface area contributed by atoms with Crippen molar-refractivity contribution < 1.29 is 4.39 Å². The van der Waals surface area contributed by atoms with Crippen LogP contribution in [0.25, 0.3) is 10.8 Å². The Morgan fingerprint density at radius 2 is 1.70 bits per heavy atom. The molecule has 3 rings (SSSR count). The average molecular weight is 331 g/mol. The maximum absolute atomic E-state index is 13.6. The summed E-state index contributed by atoms with van der Waals surface area (Å²) in [5, 5.41) is 5.38. The molecule has 0 saturated heterocycles. The monoisotopic (exact) mass is 330 g/mol. The van der Waals surface area contributed by atoms with E-state index in [1.54, 1.807) is 6.07 Å². The van der Waals surface area contributed by atoms with E-state index in [9.17, 15) is 4.39 Å². The first-order chi connectivity index (χ1) is 9.65. The number of nitrogens with one attached hydrogen (secondary N) is 1. The van der Waals surface area contributed by atoms with E-state index in [0.717, 1.165) is 16.5 Å². The molecule has 0 atom stereocenters. The van der Waals surface area contributed by atoms with Gasteiger partial charge in [-0.3, -0.25) is 0 Å². The predicted octanol–water partition coefficient (Wildman–Crippen LogP) is 5.07. The summed E-state index contributed by atoms with van der Waals surface area (Å²) in [7, 11) is 0. The molecule has 0 aliphatic carbocycles. The Morgan fingerprint density at radius 1 is 0.950 bits per heavy atom. The number of benzene rings is 3. The van der Waals surface area contributed by atoms with E-state index in [4.69, 9.17) is 5.73 Å². The lowest BCUT2D eigenvalue weighted by atomic mass is 10.1. The summed E-state index contributed by atoms with van der Waals surface area (Å²) in [5.74, 6) is -0.345. The van der Waals surface area contributed by atoms with Crippen LogP contribution in [0.2, 0.25) is 0 Å². The number of hydrogen-bond acceptors (Lipinski definition) is 2. The van der Waals surface area contributed by atoms with Gasteiger partial charge in [0.2, 0.25) is 0 Å². The van der Waals surface area contributed by atoms with Gasteiger partial charge in [-0.05, 0) is 33.4 Å². The van der Waals surface area contributed by atoms with Crippen molar-refractivity contribution in [1.82, 2.24) is 0 Å². The molecule has 0 aromatic heterocycles. The molecule has 0 spiro atoms.